The number of methoxy groups -OCH3 is 1. The molecule has 1 fully saturated rings. The third kappa shape index (κ3) is 5.51. The summed E-state index contributed by atoms with van der Waals surface area (Å²) < 4.78 is 10.8. The molecule has 0 bridgehead atoms. The lowest BCUT2D eigenvalue weighted by molar-refractivity contribution is 0.0645. The predicted octanol–water partition coefficient (Wildman–Crippen LogP) is 2.71. The van der Waals surface area contributed by atoms with Crippen LogP contribution in [0, 0.1) is 0 Å². The van der Waals surface area contributed by atoms with Gasteiger partial charge in [0.25, 0.3) is 0 Å². The molecule has 7 heteroatoms. The van der Waals surface area contributed by atoms with E-state index in [4.69, 9.17) is 9.47 Å². The summed E-state index contributed by atoms with van der Waals surface area (Å²) in [6.07, 6.45) is 4.15. The molecule has 1 saturated heterocycles. The number of nitrogens with zero attached hydrogens (tertiary/aromatic N) is 4. The normalized spacial score (nSPS) is 15.5. The van der Waals surface area contributed by atoms with Gasteiger partial charge in [-0.05, 0) is 23.8 Å². The van der Waals surface area contributed by atoms with Crippen LogP contribution < -0.4 is 14.4 Å². The van der Waals surface area contributed by atoms with E-state index in [1.54, 1.807) is 25.7 Å². The van der Waals surface area contributed by atoms with Crippen molar-refractivity contribution in [3.8, 4) is 22.8 Å². The number of rotatable bonds is 8. The Morgan fingerprint density at radius 1 is 1.00 bits per heavy atom. The SMILES string of the molecule is COc1ccc(-c2ccccc2N2CCN(CC(O)COc3cnccn3)CC2)cc1. The average molecular weight is 421 g/mol. The molecule has 0 saturated carbocycles. The number of anilines is 1. The molecule has 2 heterocycles. The molecule has 2 aromatic carbocycles. The first-order valence-electron chi connectivity index (χ1n) is 10.5. The fourth-order valence-electron chi connectivity index (χ4n) is 3.83. The smallest absolute Gasteiger partial charge is 0.232 e. The lowest BCUT2D eigenvalue weighted by Crippen LogP contribution is -2.49. The molecule has 0 radical (unpaired) electrons. The molecule has 0 aliphatic carbocycles. The summed E-state index contributed by atoms with van der Waals surface area (Å²) in [5.41, 5.74) is 3.63. The summed E-state index contributed by atoms with van der Waals surface area (Å²) in [5.74, 6) is 1.29. The van der Waals surface area contributed by atoms with Crippen molar-refractivity contribution < 1.29 is 14.6 Å². The number of β-amino-alcohol motifs (C(OH)–C–C–N with tert-alkyl or cyclic N) is 1. The topological polar surface area (TPSA) is 71.0 Å². The first-order chi connectivity index (χ1) is 15.2. The zero-order chi connectivity index (χ0) is 21.5. The molecule has 1 atom stereocenters. The first-order valence-corrected chi connectivity index (χ1v) is 10.5. The second-order valence-corrected chi connectivity index (χ2v) is 7.54. The van der Waals surface area contributed by atoms with Crippen LogP contribution in [0.5, 0.6) is 11.6 Å². The molecule has 1 aromatic heterocycles. The van der Waals surface area contributed by atoms with Crippen molar-refractivity contribution in [2.45, 2.75) is 6.10 Å². The maximum absolute atomic E-state index is 10.3. The molecule has 1 aliphatic rings. The zero-order valence-corrected chi connectivity index (χ0v) is 17.7. The van der Waals surface area contributed by atoms with Gasteiger partial charge >= 0.3 is 0 Å². The zero-order valence-electron chi connectivity index (χ0n) is 17.7. The number of aliphatic hydroxyl groups excluding tert-OH is 1. The Morgan fingerprint density at radius 2 is 1.77 bits per heavy atom. The van der Waals surface area contributed by atoms with Crippen LogP contribution in [0.25, 0.3) is 11.1 Å². The van der Waals surface area contributed by atoms with E-state index in [1.807, 2.05) is 12.1 Å². The van der Waals surface area contributed by atoms with Crippen molar-refractivity contribution in [1.82, 2.24) is 14.9 Å². The Kier molecular flexibility index (Phi) is 6.96. The average Bonchev–Trinajstić information content (AvgIpc) is 2.84. The van der Waals surface area contributed by atoms with Gasteiger partial charge in [-0.3, -0.25) is 9.88 Å². The predicted molar refractivity (Wildman–Crippen MR) is 121 cm³/mol. The Balaban J connectivity index is 1.32. The maximum Gasteiger partial charge on any atom is 0.232 e. The summed E-state index contributed by atoms with van der Waals surface area (Å²) in [7, 11) is 1.68. The number of benzene rings is 2. The van der Waals surface area contributed by atoms with E-state index in [-0.39, 0.29) is 6.61 Å². The van der Waals surface area contributed by atoms with E-state index in [1.165, 1.54) is 16.8 Å². The van der Waals surface area contributed by atoms with Gasteiger partial charge in [0.05, 0.1) is 13.3 Å². The summed E-state index contributed by atoms with van der Waals surface area (Å²) in [4.78, 5) is 12.7. The van der Waals surface area contributed by atoms with Crippen molar-refractivity contribution in [1.29, 1.82) is 0 Å². The highest BCUT2D eigenvalue weighted by molar-refractivity contribution is 5.79. The van der Waals surface area contributed by atoms with Crippen molar-refractivity contribution >= 4 is 5.69 Å². The van der Waals surface area contributed by atoms with Crippen LogP contribution in [0.3, 0.4) is 0 Å². The van der Waals surface area contributed by atoms with Crippen LogP contribution in [-0.4, -0.2) is 72.5 Å². The van der Waals surface area contributed by atoms with Gasteiger partial charge in [0.15, 0.2) is 0 Å². The van der Waals surface area contributed by atoms with Crippen LogP contribution in [0.1, 0.15) is 0 Å². The highest BCUT2D eigenvalue weighted by atomic mass is 16.5. The summed E-state index contributed by atoms with van der Waals surface area (Å²) in [5, 5.41) is 10.3. The number of aliphatic hydroxyl groups is 1. The highest BCUT2D eigenvalue weighted by Gasteiger charge is 2.21. The highest BCUT2D eigenvalue weighted by Crippen LogP contribution is 2.32. The van der Waals surface area contributed by atoms with Crippen LogP contribution >= 0.6 is 0 Å². The van der Waals surface area contributed by atoms with E-state index in [0.717, 1.165) is 31.9 Å². The molecule has 1 unspecified atom stereocenters. The molecule has 1 N–H and O–H groups in total. The molecule has 3 aromatic rings. The van der Waals surface area contributed by atoms with Crippen LogP contribution in [0.2, 0.25) is 0 Å². The van der Waals surface area contributed by atoms with Gasteiger partial charge in [0.1, 0.15) is 18.5 Å². The number of para-hydroxylation sites is 1. The lowest BCUT2D eigenvalue weighted by Gasteiger charge is -2.37. The van der Waals surface area contributed by atoms with Gasteiger partial charge in [-0.25, -0.2) is 4.98 Å². The van der Waals surface area contributed by atoms with Gasteiger partial charge < -0.3 is 19.5 Å². The molecular weight excluding hydrogens is 392 g/mol. The molecule has 31 heavy (non-hydrogen) atoms. The number of aromatic nitrogens is 2. The first kappa shape index (κ1) is 21.1. The van der Waals surface area contributed by atoms with Crippen molar-refractivity contribution in [2.75, 3.05) is 51.3 Å². The van der Waals surface area contributed by atoms with Gasteiger partial charge in [-0.2, -0.15) is 0 Å². The fourth-order valence-corrected chi connectivity index (χ4v) is 3.83. The molecule has 4 rings (SSSR count). The van der Waals surface area contributed by atoms with Gasteiger partial charge in [0.2, 0.25) is 5.88 Å². The Morgan fingerprint density at radius 3 is 2.48 bits per heavy atom. The van der Waals surface area contributed by atoms with Crippen LogP contribution in [0.4, 0.5) is 5.69 Å². The van der Waals surface area contributed by atoms with E-state index in [0.29, 0.717) is 12.4 Å². The minimum atomic E-state index is -0.569. The molecule has 1 aliphatic heterocycles. The quantitative estimate of drug-likeness (QED) is 0.601. The van der Waals surface area contributed by atoms with Crippen molar-refractivity contribution in [3.63, 3.8) is 0 Å². The van der Waals surface area contributed by atoms with Crippen molar-refractivity contribution in [2.24, 2.45) is 0 Å². The number of hydrogen-bond acceptors (Lipinski definition) is 7. The number of piperazine rings is 1. The minimum Gasteiger partial charge on any atom is -0.497 e. The van der Waals surface area contributed by atoms with Crippen LogP contribution in [-0.2, 0) is 0 Å². The fraction of sp³-hybridized carbons (Fsp3) is 0.333. The second-order valence-electron chi connectivity index (χ2n) is 7.54. The minimum absolute atomic E-state index is 0.208. The van der Waals surface area contributed by atoms with Crippen molar-refractivity contribution in [3.05, 3.63) is 67.1 Å². The molecule has 0 amide bonds. The molecular formula is C24H28N4O3. The largest absolute Gasteiger partial charge is 0.497 e. The van der Waals surface area contributed by atoms with Gasteiger partial charge in [-0.1, -0.05) is 30.3 Å². The number of hydrogen-bond donors (Lipinski definition) is 1. The third-order valence-corrected chi connectivity index (χ3v) is 5.45. The molecule has 0 spiro atoms. The maximum atomic E-state index is 10.3. The van der Waals surface area contributed by atoms with E-state index >= 15 is 0 Å². The molecule has 162 valence electrons. The van der Waals surface area contributed by atoms with E-state index in [9.17, 15) is 5.11 Å². The van der Waals surface area contributed by atoms with E-state index < -0.39 is 6.10 Å². The number of ether oxygens (including phenoxy) is 2. The van der Waals surface area contributed by atoms with Gasteiger partial charge in [0, 0.05) is 56.4 Å². The van der Waals surface area contributed by atoms with Crippen LogP contribution in [0.15, 0.2) is 67.1 Å². The standard InChI is InChI=1S/C24H28N4O3/c1-30-21-8-6-19(7-9-21)22-4-2-3-5-23(22)28-14-12-27(13-15-28)17-20(29)18-31-24-16-25-10-11-26-24/h2-11,16,20,29H,12-15,17-18H2,1H3. The Bertz CT molecular complexity index is 945. The third-order valence-electron chi connectivity index (χ3n) is 5.45. The Labute approximate surface area is 182 Å². The lowest BCUT2D eigenvalue weighted by atomic mass is 10.0. The summed E-state index contributed by atoms with van der Waals surface area (Å²) in [6.45, 7) is 4.38. The van der Waals surface area contributed by atoms with E-state index in [2.05, 4.69) is 56.2 Å². The van der Waals surface area contributed by atoms with Gasteiger partial charge in [-0.15, -0.1) is 0 Å². The summed E-state index contributed by atoms with van der Waals surface area (Å²) >= 11 is 0. The summed E-state index contributed by atoms with van der Waals surface area (Å²) in [6, 6.07) is 16.7. The molecule has 7 nitrogen and oxygen atoms in total. The Hall–Kier alpha value is -3.16. The second kappa shape index (κ2) is 10.2. The monoisotopic (exact) mass is 420 g/mol.